The predicted octanol–water partition coefficient (Wildman–Crippen LogP) is 1.50. The van der Waals surface area contributed by atoms with E-state index < -0.39 is 11.5 Å². The number of benzene rings is 1. The molecule has 0 bridgehead atoms. The number of aryl methyl sites for hydroxylation is 1. The van der Waals surface area contributed by atoms with E-state index in [1.165, 1.54) is 5.56 Å². The highest BCUT2D eigenvalue weighted by atomic mass is 16.4. The molecule has 1 aromatic rings. The second-order valence-electron chi connectivity index (χ2n) is 5.56. The molecule has 0 aromatic heterocycles. The lowest BCUT2D eigenvalue weighted by Crippen LogP contribution is -2.50. The van der Waals surface area contributed by atoms with Crippen molar-refractivity contribution in [2.24, 2.45) is 5.73 Å². The molecule has 104 valence electrons. The summed E-state index contributed by atoms with van der Waals surface area (Å²) in [6.45, 7) is 3.38. The Labute approximate surface area is 114 Å². The molecule has 0 radical (unpaired) electrons. The number of likely N-dealkylation sites (tertiary alicyclic amines) is 1. The van der Waals surface area contributed by atoms with Crippen LogP contribution in [0.4, 0.5) is 0 Å². The van der Waals surface area contributed by atoms with Gasteiger partial charge >= 0.3 is 5.97 Å². The molecule has 1 saturated heterocycles. The molecule has 1 aliphatic heterocycles. The Morgan fingerprint density at radius 1 is 1.47 bits per heavy atom. The van der Waals surface area contributed by atoms with Gasteiger partial charge in [-0.25, -0.2) is 0 Å². The molecular formula is C15H22N2O2. The van der Waals surface area contributed by atoms with E-state index in [1.54, 1.807) is 0 Å². The third-order valence-electron chi connectivity index (χ3n) is 4.07. The number of nitrogens with two attached hydrogens (primary N) is 1. The lowest BCUT2D eigenvalue weighted by atomic mass is 10.0. The summed E-state index contributed by atoms with van der Waals surface area (Å²) in [5, 5.41) is 9.13. The first-order chi connectivity index (χ1) is 9.01. The number of aliphatic carboxylic acids is 1. The van der Waals surface area contributed by atoms with Gasteiger partial charge in [-0.2, -0.15) is 0 Å². The zero-order valence-corrected chi connectivity index (χ0v) is 11.4. The highest BCUT2D eigenvalue weighted by Crippen LogP contribution is 2.22. The summed E-state index contributed by atoms with van der Waals surface area (Å²) in [6.07, 6.45) is 2.58. The second kappa shape index (κ2) is 5.72. The molecule has 2 unspecified atom stereocenters. The van der Waals surface area contributed by atoms with Gasteiger partial charge in [0.05, 0.1) is 0 Å². The second-order valence-corrected chi connectivity index (χ2v) is 5.56. The number of carboxylic acid groups (broad SMARTS) is 1. The number of carbonyl (C=O) groups is 1. The van der Waals surface area contributed by atoms with Crippen molar-refractivity contribution in [2.75, 3.05) is 13.1 Å². The van der Waals surface area contributed by atoms with Gasteiger partial charge in [-0.05, 0) is 31.7 Å². The Kier molecular flexibility index (Phi) is 4.22. The maximum atomic E-state index is 11.1. The fourth-order valence-electron chi connectivity index (χ4n) is 2.62. The molecule has 4 nitrogen and oxygen atoms in total. The van der Waals surface area contributed by atoms with E-state index in [0.29, 0.717) is 19.0 Å². The van der Waals surface area contributed by atoms with E-state index >= 15 is 0 Å². The SMILES string of the molecule is CC(CCc1ccccc1)N1CCC(N)(C(=O)O)C1. The summed E-state index contributed by atoms with van der Waals surface area (Å²) in [7, 11) is 0. The molecule has 19 heavy (non-hydrogen) atoms. The minimum Gasteiger partial charge on any atom is -0.480 e. The largest absolute Gasteiger partial charge is 0.480 e. The van der Waals surface area contributed by atoms with Gasteiger partial charge in [0, 0.05) is 19.1 Å². The van der Waals surface area contributed by atoms with Crippen molar-refractivity contribution in [1.29, 1.82) is 0 Å². The molecule has 0 spiro atoms. The van der Waals surface area contributed by atoms with E-state index in [4.69, 9.17) is 10.8 Å². The minimum absolute atomic E-state index is 0.366. The number of carboxylic acids is 1. The zero-order chi connectivity index (χ0) is 13.9. The van der Waals surface area contributed by atoms with Gasteiger partial charge < -0.3 is 10.8 Å². The van der Waals surface area contributed by atoms with Gasteiger partial charge in [-0.15, -0.1) is 0 Å². The quantitative estimate of drug-likeness (QED) is 0.844. The number of rotatable bonds is 5. The Bertz CT molecular complexity index is 435. The van der Waals surface area contributed by atoms with Gasteiger partial charge in [0.1, 0.15) is 5.54 Å². The maximum absolute atomic E-state index is 11.1. The van der Waals surface area contributed by atoms with Crippen LogP contribution in [0.3, 0.4) is 0 Å². The molecule has 2 rings (SSSR count). The molecule has 0 aliphatic carbocycles. The summed E-state index contributed by atoms with van der Waals surface area (Å²) >= 11 is 0. The molecule has 4 heteroatoms. The Hall–Kier alpha value is -1.39. The molecular weight excluding hydrogens is 240 g/mol. The zero-order valence-electron chi connectivity index (χ0n) is 11.4. The van der Waals surface area contributed by atoms with E-state index in [-0.39, 0.29) is 0 Å². The van der Waals surface area contributed by atoms with Gasteiger partial charge in [-0.1, -0.05) is 30.3 Å². The van der Waals surface area contributed by atoms with Crippen molar-refractivity contribution in [3.05, 3.63) is 35.9 Å². The Morgan fingerprint density at radius 2 is 2.16 bits per heavy atom. The third-order valence-corrected chi connectivity index (χ3v) is 4.07. The van der Waals surface area contributed by atoms with Gasteiger partial charge in [0.15, 0.2) is 0 Å². The molecule has 2 atom stereocenters. The monoisotopic (exact) mass is 262 g/mol. The van der Waals surface area contributed by atoms with Crippen molar-refractivity contribution in [1.82, 2.24) is 4.90 Å². The average Bonchev–Trinajstić information content (AvgIpc) is 2.81. The fourth-order valence-corrected chi connectivity index (χ4v) is 2.62. The van der Waals surface area contributed by atoms with Crippen molar-refractivity contribution in [3.8, 4) is 0 Å². The van der Waals surface area contributed by atoms with Crippen LogP contribution >= 0.6 is 0 Å². The van der Waals surface area contributed by atoms with Crippen LogP contribution in [-0.2, 0) is 11.2 Å². The van der Waals surface area contributed by atoms with Crippen LogP contribution in [0.2, 0.25) is 0 Å². The predicted molar refractivity (Wildman–Crippen MR) is 75.0 cm³/mol. The number of hydrogen-bond donors (Lipinski definition) is 2. The van der Waals surface area contributed by atoms with Crippen molar-refractivity contribution in [3.63, 3.8) is 0 Å². The molecule has 0 amide bonds. The van der Waals surface area contributed by atoms with E-state index in [2.05, 4.69) is 24.0 Å². The van der Waals surface area contributed by atoms with E-state index in [0.717, 1.165) is 19.4 Å². The maximum Gasteiger partial charge on any atom is 0.325 e. The molecule has 1 heterocycles. The Morgan fingerprint density at radius 3 is 2.74 bits per heavy atom. The topological polar surface area (TPSA) is 66.6 Å². The summed E-state index contributed by atoms with van der Waals surface area (Å²) in [5.74, 6) is -0.884. The summed E-state index contributed by atoms with van der Waals surface area (Å²) in [5.41, 5.74) is 6.17. The van der Waals surface area contributed by atoms with Crippen LogP contribution in [0.5, 0.6) is 0 Å². The van der Waals surface area contributed by atoms with E-state index in [1.807, 2.05) is 18.2 Å². The summed E-state index contributed by atoms with van der Waals surface area (Å²) in [4.78, 5) is 13.3. The van der Waals surface area contributed by atoms with E-state index in [9.17, 15) is 4.79 Å². The van der Waals surface area contributed by atoms with Crippen LogP contribution < -0.4 is 5.73 Å². The van der Waals surface area contributed by atoms with Crippen LogP contribution in [0, 0.1) is 0 Å². The average molecular weight is 262 g/mol. The lowest BCUT2D eigenvalue weighted by Gasteiger charge is -2.26. The molecule has 1 fully saturated rings. The van der Waals surface area contributed by atoms with Crippen LogP contribution in [0.1, 0.15) is 25.3 Å². The first-order valence-corrected chi connectivity index (χ1v) is 6.81. The van der Waals surface area contributed by atoms with Crippen molar-refractivity contribution >= 4 is 5.97 Å². The summed E-state index contributed by atoms with van der Waals surface area (Å²) in [6, 6.07) is 10.7. The highest BCUT2D eigenvalue weighted by Gasteiger charge is 2.42. The Balaban J connectivity index is 1.85. The minimum atomic E-state index is -1.05. The smallest absolute Gasteiger partial charge is 0.325 e. The van der Waals surface area contributed by atoms with Gasteiger partial charge in [-0.3, -0.25) is 9.69 Å². The lowest BCUT2D eigenvalue weighted by molar-refractivity contribution is -0.142. The van der Waals surface area contributed by atoms with Crippen LogP contribution in [-0.4, -0.2) is 40.6 Å². The van der Waals surface area contributed by atoms with Crippen molar-refractivity contribution in [2.45, 2.75) is 37.8 Å². The van der Waals surface area contributed by atoms with Crippen LogP contribution in [0.25, 0.3) is 0 Å². The first kappa shape index (κ1) is 14.0. The molecule has 0 saturated carbocycles. The number of nitrogens with zero attached hydrogens (tertiary/aromatic N) is 1. The fraction of sp³-hybridized carbons (Fsp3) is 0.533. The number of hydrogen-bond acceptors (Lipinski definition) is 3. The normalized spacial score (nSPS) is 25.4. The molecule has 1 aliphatic rings. The standard InChI is InChI=1S/C15H22N2O2/c1-12(7-8-13-5-3-2-4-6-13)17-10-9-15(16,11-17)14(18)19/h2-6,12H,7-11,16H2,1H3,(H,18,19). The van der Waals surface area contributed by atoms with Gasteiger partial charge in [0.2, 0.25) is 0 Å². The van der Waals surface area contributed by atoms with Crippen molar-refractivity contribution < 1.29 is 9.90 Å². The summed E-state index contributed by atoms with van der Waals surface area (Å²) < 4.78 is 0. The van der Waals surface area contributed by atoms with Crippen LogP contribution in [0.15, 0.2) is 30.3 Å². The third kappa shape index (κ3) is 3.33. The molecule has 3 N–H and O–H groups in total. The molecule has 1 aromatic carbocycles. The van der Waals surface area contributed by atoms with Gasteiger partial charge in [0.25, 0.3) is 0 Å². The highest BCUT2D eigenvalue weighted by molar-refractivity contribution is 5.79. The first-order valence-electron chi connectivity index (χ1n) is 6.81.